The molecule has 0 spiro atoms. The lowest BCUT2D eigenvalue weighted by Crippen LogP contribution is -2.49. The molecule has 1 aliphatic rings. The molecule has 1 fully saturated rings. The maximum absolute atomic E-state index is 12.0. The molecule has 1 unspecified atom stereocenters. The van der Waals surface area contributed by atoms with Crippen LogP contribution >= 0.6 is 0 Å². The molecule has 0 radical (unpaired) electrons. The molecule has 0 amide bonds. The van der Waals surface area contributed by atoms with Crippen LogP contribution in [0, 0.1) is 0 Å². The lowest BCUT2D eigenvalue weighted by molar-refractivity contribution is 0.314. The molecule has 0 aromatic rings. The largest absolute Gasteiger partial charge is 0.409 e. The summed E-state index contributed by atoms with van der Waals surface area (Å²) in [5.74, 6) is -0.102. The molecule has 0 bridgehead atoms. The van der Waals surface area contributed by atoms with Gasteiger partial charge in [-0.25, -0.2) is 0 Å². The van der Waals surface area contributed by atoms with Gasteiger partial charge in [0.1, 0.15) is 0 Å². The molecule has 8 heteroatoms. The third-order valence-corrected chi connectivity index (χ3v) is 4.37. The molecule has 1 heterocycles. The fraction of sp³-hybridized carbons (Fsp3) is 0.889. The van der Waals surface area contributed by atoms with Crippen LogP contribution in [0.5, 0.6) is 0 Å². The van der Waals surface area contributed by atoms with Crippen molar-refractivity contribution in [3.8, 4) is 0 Å². The Hall–Kier alpha value is -0.860. The minimum absolute atomic E-state index is 0.102. The molecule has 1 saturated heterocycles. The number of amidine groups is 1. The Balaban J connectivity index is 2.71. The van der Waals surface area contributed by atoms with Gasteiger partial charge in [-0.05, 0) is 19.3 Å². The summed E-state index contributed by atoms with van der Waals surface area (Å²) in [6.07, 6.45) is 3.00. The van der Waals surface area contributed by atoms with E-state index in [-0.39, 0.29) is 5.84 Å². The highest BCUT2D eigenvalue weighted by Gasteiger charge is 2.28. The van der Waals surface area contributed by atoms with Gasteiger partial charge in [0, 0.05) is 13.1 Å². The highest BCUT2D eigenvalue weighted by atomic mass is 32.2. The highest BCUT2D eigenvalue weighted by molar-refractivity contribution is 7.87. The summed E-state index contributed by atoms with van der Waals surface area (Å²) < 4.78 is 27.8. The van der Waals surface area contributed by atoms with E-state index >= 15 is 0 Å². The number of hydrogen-bond donors (Lipinski definition) is 3. The summed E-state index contributed by atoms with van der Waals surface area (Å²) in [6, 6.07) is -0.643. The zero-order chi connectivity index (χ0) is 12.9. The van der Waals surface area contributed by atoms with Crippen molar-refractivity contribution < 1.29 is 13.6 Å². The molecule has 0 aromatic heterocycles. The van der Waals surface area contributed by atoms with Crippen molar-refractivity contribution in [2.75, 3.05) is 13.1 Å². The highest BCUT2D eigenvalue weighted by Crippen LogP contribution is 2.12. The molecule has 1 rings (SSSR count). The second-order valence-corrected chi connectivity index (χ2v) is 5.80. The van der Waals surface area contributed by atoms with Gasteiger partial charge < -0.3 is 10.9 Å². The predicted octanol–water partition coefficient (Wildman–Crippen LogP) is -0.168. The van der Waals surface area contributed by atoms with Gasteiger partial charge in [-0.1, -0.05) is 18.5 Å². The number of hydrogen-bond acceptors (Lipinski definition) is 4. The molecule has 4 N–H and O–H groups in total. The second-order valence-electron chi connectivity index (χ2n) is 4.10. The van der Waals surface area contributed by atoms with Crippen LogP contribution in [0.1, 0.15) is 32.6 Å². The fourth-order valence-electron chi connectivity index (χ4n) is 1.81. The van der Waals surface area contributed by atoms with Gasteiger partial charge in [0.15, 0.2) is 5.84 Å². The summed E-state index contributed by atoms with van der Waals surface area (Å²) in [4.78, 5) is 0. The van der Waals surface area contributed by atoms with Crippen LogP contribution in [-0.4, -0.2) is 42.9 Å². The summed E-state index contributed by atoms with van der Waals surface area (Å²) in [6.45, 7) is 2.97. The van der Waals surface area contributed by atoms with Crippen molar-refractivity contribution >= 4 is 16.0 Å². The topological polar surface area (TPSA) is 108 Å². The van der Waals surface area contributed by atoms with Gasteiger partial charge in [-0.2, -0.15) is 17.4 Å². The van der Waals surface area contributed by atoms with Crippen molar-refractivity contribution in [2.45, 2.75) is 38.6 Å². The Morgan fingerprint density at radius 2 is 2.12 bits per heavy atom. The summed E-state index contributed by atoms with van der Waals surface area (Å²) in [7, 11) is -3.53. The number of nitrogens with zero attached hydrogens (tertiary/aromatic N) is 2. The molecule has 0 saturated carbocycles. The van der Waals surface area contributed by atoms with E-state index in [4.69, 9.17) is 10.9 Å². The molecule has 7 nitrogen and oxygen atoms in total. The van der Waals surface area contributed by atoms with E-state index in [9.17, 15) is 8.42 Å². The normalized spacial score (nSPS) is 20.6. The molecule has 0 aliphatic carbocycles. The van der Waals surface area contributed by atoms with Crippen molar-refractivity contribution in [3.63, 3.8) is 0 Å². The van der Waals surface area contributed by atoms with Crippen LogP contribution in [0.2, 0.25) is 0 Å². The minimum atomic E-state index is -3.53. The van der Waals surface area contributed by atoms with Gasteiger partial charge in [0.25, 0.3) is 10.2 Å². The van der Waals surface area contributed by atoms with Gasteiger partial charge in [0.2, 0.25) is 0 Å². The van der Waals surface area contributed by atoms with Gasteiger partial charge in [-0.3, -0.25) is 0 Å². The standard InChI is InChI=1S/C9H20N4O3S/c1-2-5-8(9(10)11-14)12-17(15,16)13-6-3-4-7-13/h8,12,14H,2-7H2,1H3,(H2,10,11). The predicted molar refractivity (Wildman–Crippen MR) is 65.0 cm³/mol. The zero-order valence-corrected chi connectivity index (χ0v) is 10.8. The van der Waals surface area contributed by atoms with Crippen LogP contribution in [0.4, 0.5) is 0 Å². The Bertz CT molecular complexity index is 362. The molecular formula is C9H20N4O3S. The van der Waals surface area contributed by atoms with E-state index in [1.165, 1.54) is 4.31 Å². The molecule has 1 aliphatic heterocycles. The van der Waals surface area contributed by atoms with Crippen molar-refractivity contribution in [2.24, 2.45) is 10.9 Å². The Morgan fingerprint density at radius 1 is 1.53 bits per heavy atom. The Kier molecular flexibility index (Phi) is 5.16. The smallest absolute Gasteiger partial charge is 0.280 e. The first-order chi connectivity index (χ1) is 8.01. The molecular weight excluding hydrogens is 244 g/mol. The van der Waals surface area contributed by atoms with Crippen molar-refractivity contribution in [1.29, 1.82) is 0 Å². The monoisotopic (exact) mass is 264 g/mol. The second kappa shape index (κ2) is 6.18. The van der Waals surface area contributed by atoms with Gasteiger partial charge in [-0.15, -0.1) is 0 Å². The van der Waals surface area contributed by atoms with Crippen LogP contribution < -0.4 is 10.5 Å². The summed E-state index contributed by atoms with van der Waals surface area (Å²) in [5.41, 5.74) is 5.46. The molecule has 17 heavy (non-hydrogen) atoms. The van der Waals surface area contributed by atoms with E-state index < -0.39 is 16.3 Å². The fourth-order valence-corrected chi connectivity index (χ4v) is 3.29. The first kappa shape index (κ1) is 14.2. The SMILES string of the molecule is CCCC(NS(=O)(=O)N1CCCC1)/C(N)=N/O. The lowest BCUT2D eigenvalue weighted by atomic mass is 10.2. The maximum Gasteiger partial charge on any atom is 0.280 e. The van der Waals surface area contributed by atoms with Crippen LogP contribution in [0.15, 0.2) is 5.16 Å². The number of oxime groups is 1. The average Bonchev–Trinajstić information content (AvgIpc) is 2.81. The number of rotatable bonds is 6. The van der Waals surface area contributed by atoms with Crippen LogP contribution in [-0.2, 0) is 10.2 Å². The van der Waals surface area contributed by atoms with E-state index in [0.29, 0.717) is 19.5 Å². The minimum Gasteiger partial charge on any atom is -0.409 e. The van der Waals surface area contributed by atoms with Crippen molar-refractivity contribution in [1.82, 2.24) is 9.03 Å². The number of nitrogens with one attached hydrogen (secondary N) is 1. The molecule has 0 aromatic carbocycles. The van der Waals surface area contributed by atoms with Crippen LogP contribution in [0.3, 0.4) is 0 Å². The quantitative estimate of drug-likeness (QED) is 0.268. The van der Waals surface area contributed by atoms with E-state index in [1.54, 1.807) is 0 Å². The lowest BCUT2D eigenvalue weighted by Gasteiger charge is -2.21. The van der Waals surface area contributed by atoms with Gasteiger partial charge in [0.05, 0.1) is 6.04 Å². The maximum atomic E-state index is 12.0. The number of nitrogens with two attached hydrogens (primary N) is 1. The third-order valence-electron chi connectivity index (χ3n) is 2.75. The zero-order valence-electron chi connectivity index (χ0n) is 9.96. The van der Waals surface area contributed by atoms with Crippen molar-refractivity contribution in [3.05, 3.63) is 0 Å². The molecule has 100 valence electrons. The molecule has 1 atom stereocenters. The van der Waals surface area contributed by atoms with Gasteiger partial charge >= 0.3 is 0 Å². The first-order valence-corrected chi connectivity index (χ1v) is 7.20. The summed E-state index contributed by atoms with van der Waals surface area (Å²) >= 11 is 0. The summed E-state index contributed by atoms with van der Waals surface area (Å²) in [5, 5.41) is 11.5. The third kappa shape index (κ3) is 3.83. The van der Waals surface area contributed by atoms with E-state index in [0.717, 1.165) is 19.3 Å². The average molecular weight is 264 g/mol. The van der Waals surface area contributed by atoms with E-state index in [2.05, 4.69) is 9.88 Å². The first-order valence-electron chi connectivity index (χ1n) is 5.76. The Labute approximate surface area is 102 Å². The Morgan fingerprint density at radius 3 is 2.59 bits per heavy atom. The van der Waals surface area contributed by atoms with Crippen LogP contribution in [0.25, 0.3) is 0 Å². The van der Waals surface area contributed by atoms with E-state index in [1.807, 2.05) is 6.92 Å².